The van der Waals surface area contributed by atoms with Gasteiger partial charge in [0.15, 0.2) is 0 Å². The number of ether oxygens (including phenoxy) is 1. The highest BCUT2D eigenvalue weighted by atomic mass is 32.2. The summed E-state index contributed by atoms with van der Waals surface area (Å²) in [4.78, 5) is 0. The van der Waals surface area contributed by atoms with Crippen molar-refractivity contribution in [3.63, 3.8) is 0 Å². The molecule has 0 heterocycles. The van der Waals surface area contributed by atoms with Crippen molar-refractivity contribution in [1.82, 2.24) is 0 Å². The fourth-order valence-corrected chi connectivity index (χ4v) is 2.00. The molecule has 0 atom stereocenters. The molecule has 0 radical (unpaired) electrons. The quantitative estimate of drug-likeness (QED) is 0.712. The molecular weight excluding hydrogens is 200 g/mol. The molecule has 0 unspecified atom stereocenters. The number of hydrogen-bond donors (Lipinski definition) is 0. The zero-order chi connectivity index (χ0) is 9.68. The van der Waals surface area contributed by atoms with Crippen molar-refractivity contribution < 1.29 is 4.74 Å². The number of benzene rings is 1. The van der Waals surface area contributed by atoms with E-state index in [2.05, 4.69) is 6.92 Å². The summed E-state index contributed by atoms with van der Waals surface area (Å²) in [6, 6.07) is 7.84. The van der Waals surface area contributed by atoms with Crippen molar-refractivity contribution in [3.05, 3.63) is 29.8 Å². The van der Waals surface area contributed by atoms with Gasteiger partial charge < -0.3 is 4.74 Å². The Hall–Kier alpha value is -0.540. The molecule has 70 valence electrons. The van der Waals surface area contributed by atoms with Crippen LogP contribution < -0.4 is 4.74 Å². The molecule has 0 aliphatic rings. The van der Waals surface area contributed by atoms with Gasteiger partial charge >= 0.3 is 0 Å². The monoisotopic (exact) mass is 212 g/mol. The SMILES string of the molecule is CCSC(=S)c1ccc(OC)cc1. The third kappa shape index (κ3) is 3.01. The van der Waals surface area contributed by atoms with Gasteiger partial charge in [-0.05, 0) is 35.6 Å². The summed E-state index contributed by atoms with van der Waals surface area (Å²) < 4.78 is 6.01. The van der Waals surface area contributed by atoms with Gasteiger partial charge in [0.05, 0.1) is 11.3 Å². The number of methoxy groups -OCH3 is 1. The van der Waals surface area contributed by atoms with Gasteiger partial charge in [0.2, 0.25) is 0 Å². The molecule has 0 N–H and O–H groups in total. The first-order valence-electron chi connectivity index (χ1n) is 4.09. The molecule has 0 aromatic heterocycles. The average Bonchev–Trinajstić information content (AvgIpc) is 2.18. The van der Waals surface area contributed by atoms with Crippen LogP contribution in [0.4, 0.5) is 0 Å². The van der Waals surface area contributed by atoms with E-state index >= 15 is 0 Å². The molecule has 3 heteroatoms. The van der Waals surface area contributed by atoms with E-state index in [1.54, 1.807) is 18.9 Å². The zero-order valence-corrected chi connectivity index (χ0v) is 9.37. The van der Waals surface area contributed by atoms with Crippen LogP contribution in [0.15, 0.2) is 24.3 Å². The summed E-state index contributed by atoms with van der Waals surface area (Å²) in [5.74, 6) is 1.89. The second-order valence-corrected chi connectivity index (χ2v) is 4.39. The van der Waals surface area contributed by atoms with E-state index < -0.39 is 0 Å². The van der Waals surface area contributed by atoms with Crippen LogP contribution in [-0.4, -0.2) is 17.1 Å². The van der Waals surface area contributed by atoms with Gasteiger partial charge in [-0.1, -0.05) is 19.1 Å². The minimum absolute atomic E-state index is 0.869. The first kappa shape index (κ1) is 10.5. The van der Waals surface area contributed by atoms with E-state index in [0.29, 0.717) is 0 Å². The first-order valence-corrected chi connectivity index (χ1v) is 5.48. The molecule has 0 spiro atoms. The molecule has 0 aliphatic carbocycles. The summed E-state index contributed by atoms with van der Waals surface area (Å²) in [6.07, 6.45) is 0. The molecule has 1 nitrogen and oxygen atoms in total. The fourth-order valence-electron chi connectivity index (χ4n) is 0.942. The van der Waals surface area contributed by atoms with Gasteiger partial charge in [-0.3, -0.25) is 0 Å². The van der Waals surface area contributed by atoms with E-state index in [0.717, 1.165) is 21.3 Å². The second-order valence-electron chi connectivity index (χ2n) is 2.45. The predicted molar refractivity (Wildman–Crippen MR) is 62.8 cm³/mol. The molecular formula is C10H12OS2. The Morgan fingerprint density at radius 2 is 2.00 bits per heavy atom. The molecule has 13 heavy (non-hydrogen) atoms. The highest BCUT2D eigenvalue weighted by Gasteiger charge is 2.00. The minimum Gasteiger partial charge on any atom is -0.497 e. The summed E-state index contributed by atoms with van der Waals surface area (Å²) >= 11 is 6.91. The Labute approximate surface area is 88.5 Å². The van der Waals surface area contributed by atoms with E-state index in [4.69, 9.17) is 17.0 Å². The lowest BCUT2D eigenvalue weighted by molar-refractivity contribution is 0.415. The van der Waals surface area contributed by atoms with Crippen molar-refractivity contribution >= 4 is 28.2 Å². The maximum atomic E-state index is 5.22. The number of hydrogen-bond acceptors (Lipinski definition) is 3. The fraction of sp³-hybridized carbons (Fsp3) is 0.300. The number of thioether (sulfide) groups is 1. The lowest BCUT2D eigenvalue weighted by Crippen LogP contribution is -1.92. The first-order chi connectivity index (χ1) is 6.27. The highest BCUT2D eigenvalue weighted by molar-refractivity contribution is 8.23. The van der Waals surface area contributed by atoms with Crippen LogP contribution in [0.3, 0.4) is 0 Å². The topological polar surface area (TPSA) is 9.23 Å². The van der Waals surface area contributed by atoms with Gasteiger partial charge in [0.1, 0.15) is 5.75 Å². The van der Waals surface area contributed by atoms with Gasteiger partial charge in [0.25, 0.3) is 0 Å². The maximum absolute atomic E-state index is 5.22. The van der Waals surface area contributed by atoms with Crippen molar-refractivity contribution in [2.75, 3.05) is 12.9 Å². The van der Waals surface area contributed by atoms with Crippen molar-refractivity contribution in [2.24, 2.45) is 0 Å². The van der Waals surface area contributed by atoms with Crippen LogP contribution in [0, 0.1) is 0 Å². The predicted octanol–water partition coefficient (Wildman–Crippen LogP) is 3.12. The van der Waals surface area contributed by atoms with E-state index in [1.165, 1.54) is 0 Å². The summed E-state index contributed by atoms with van der Waals surface area (Å²) in [7, 11) is 1.66. The Morgan fingerprint density at radius 1 is 1.38 bits per heavy atom. The van der Waals surface area contributed by atoms with Crippen LogP contribution in [0.25, 0.3) is 0 Å². The van der Waals surface area contributed by atoms with Crippen LogP contribution in [0.1, 0.15) is 12.5 Å². The summed E-state index contributed by atoms with van der Waals surface area (Å²) in [6.45, 7) is 2.10. The van der Waals surface area contributed by atoms with Crippen LogP contribution in [-0.2, 0) is 0 Å². The van der Waals surface area contributed by atoms with Gasteiger partial charge in [0, 0.05) is 0 Å². The maximum Gasteiger partial charge on any atom is 0.118 e. The van der Waals surface area contributed by atoms with E-state index in [-0.39, 0.29) is 0 Å². The molecule has 1 rings (SSSR count). The Bertz CT molecular complexity index is 279. The molecule has 1 aromatic rings. The summed E-state index contributed by atoms with van der Waals surface area (Å²) in [5, 5.41) is 0. The molecule has 0 amide bonds. The second kappa shape index (κ2) is 5.25. The van der Waals surface area contributed by atoms with Gasteiger partial charge in [-0.15, -0.1) is 11.8 Å². The molecule has 0 saturated carbocycles. The molecule has 0 bridgehead atoms. The molecule has 0 fully saturated rings. The normalized spacial score (nSPS) is 9.69. The average molecular weight is 212 g/mol. The van der Waals surface area contributed by atoms with Crippen LogP contribution >= 0.6 is 24.0 Å². The van der Waals surface area contributed by atoms with Crippen LogP contribution in [0.2, 0.25) is 0 Å². The highest BCUT2D eigenvalue weighted by Crippen LogP contribution is 2.17. The van der Waals surface area contributed by atoms with E-state index in [1.807, 2.05) is 24.3 Å². The number of thiocarbonyl (C=S) groups is 1. The Morgan fingerprint density at radius 3 is 2.46 bits per heavy atom. The zero-order valence-electron chi connectivity index (χ0n) is 7.74. The third-order valence-electron chi connectivity index (χ3n) is 1.60. The third-order valence-corrected chi connectivity index (χ3v) is 2.98. The van der Waals surface area contributed by atoms with Crippen LogP contribution in [0.5, 0.6) is 5.75 Å². The lowest BCUT2D eigenvalue weighted by atomic mass is 10.2. The van der Waals surface area contributed by atoms with E-state index in [9.17, 15) is 0 Å². The van der Waals surface area contributed by atoms with Crippen molar-refractivity contribution in [1.29, 1.82) is 0 Å². The van der Waals surface area contributed by atoms with Crippen molar-refractivity contribution in [3.8, 4) is 5.75 Å². The smallest absolute Gasteiger partial charge is 0.118 e. The standard InChI is InChI=1S/C10H12OS2/c1-3-13-10(12)8-4-6-9(11-2)7-5-8/h4-7H,3H2,1-2H3. The van der Waals surface area contributed by atoms with Crippen molar-refractivity contribution in [2.45, 2.75) is 6.92 Å². The Kier molecular flexibility index (Phi) is 4.25. The largest absolute Gasteiger partial charge is 0.497 e. The molecule has 1 aromatic carbocycles. The van der Waals surface area contributed by atoms with Gasteiger partial charge in [-0.2, -0.15) is 0 Å². The lowest BCUT2D eigenvalue weighted by Gasteiger charge is -2.03. The minimum atomic E-state index is 0.869. The molecule has 0 aliphatic heterocycles. The molecule has 0 saturated heterocycles. The van der Waals surface area contributed by atoms with Gasteiger partial charge in [-0.25, -0.2) is 0 Å². The summed E-state index contributed by atoms with van der Waals surface area (Å²) in [5.41, 5.74) is 1.10. The Balaban J connectivity index is 2.74. The number of rotatable bonds is 3.